The summed E-state index contributed by atoms with van der Waals surface area (Å²) in [5.74, 6) is 0.435. The molecule has 1 aliphatic heterocycles. The predicted molar refractivity (Wildman–Crippen MR) is 164 cm³/mol. The molecule has 4 rings (SSSR count). The molecule has 39 heavy (non-hydrogen) atoms. The van der Waals surface area contributed by atoms with Crippen LogP contribution in [-0.2, 0) is 6.42 Å². The van der Waals surface area contributed by atoms with Crippen molar-refractivity contribution in [3.05, 3.63) is 87.6 Å². The number of allylic oxidation sites excluding steroid dienone is 1. The lowest BCUT2D eigenvalue weighted by Gasteiger charge is -2.33. The molecule has 0 aliphatic carbocycles. The second kappa shape index (κ2) is 12.3. The molecule has 1 unspecified atom stereocenters. The van der Waals surface area contributed by atoms with Crippen LogP contribution in [0.3, 0.4) is 0 Å². The van der Waals surface area contributed by atoms with Gasteiger partial charge in [0.05, 0.1) is 17.1 Å². The zero-order valence-corrected chi connectivity index (χ0v) is 25.0. The van der Waals surface area contributed by atoms with Crippen molar-refractivity contribution >= 4 is 28.8 Å². The van der Waals surface area contributed by atoms with Crippen molar-refractivity contribution in [1.82, 2.24) is 9.88 Å². The van der Waals surface area contributed by atoms with Crippen LogP contribution in [-0.4, -0.2) is 28.3 Å². The third kappa shape index (κ3) is 5.60. The third-order valence-corrected chi connectivity index (χ3v) is 8.03. The van der Waals surface area contributed by atoms with Gasteiger partial charge in [0.25, 0.3) is 0 Å². The molecule has 0 spiro atoms. The van der Waals surface area contributed by atoms with E-state index in [4.69, 9.17) is 21.6 Å². The van der Waals surface area contributed by atoms with Gasteiger partial charge in [-0.25, -0.2) is 9.38 Å². The summed E-state index contributed by atoms with van der Waals surface area (Å²) in [6.07, 6.45) is 8.33. The zero-order valence-electron chi connectivity index (χ0n) is 24.2. The van der Waals surface area contributed by atoms with Crippen LogP contribution >= 0.6 is 11.6 Å². The van der Waals surface area contributed by atoms with Gasteiger partial charge in [0.15, 0.2) is 5.82 Å². The first-order valence-corrected chi connectivity index (χ1v) is 14.5. The van der Waals surface area contributed by atoms with E-state index >= 15 is 4.39 Å². The summed E-state index contributed by atoms with van der Waals surface area (Å²) in [7, 11) is 0. The monoisotopic (exact) mass is 546 g/mol. The van der Waals surface area contributed by atoms with Crippen LogP contribution in [0.25, 0.3) is 11.1 Å². The molecule has 3 aromatic rings. The Labute approximate surface area is 238 Å². The Morgan fingerprint density at radius 2 is 1.87 bits per heavy atom. The average Bonchev–Trinajstić information content (AvgIpc) is 2.92. The van der Waals surface area contributed by atoms with E-state index in [9.17, 15) is 0 Å². The van der Waals surface area contributed by atoms with Crippen LogP contribution in [0, 0.1) is 19.7 Å². The SMILES string of the molecule is CCCN(C1=Nc2c(C)ccnc2C(C)/C=C\Nc2c1cc(C)c(-c1c(Cl)cccc1CC)c2F)[C@@H](C)CC. The molecule has 0 saturated carbocycles. The van der Waals surface area contributed by atoms with E-state index in [1.807, 2.05) is 49.7 Å². The van der Waals surface area contributed by atoms with Gasteiger partial charge in [-0.2, -0.15) is 0 Å². The summed E-state index contributed by atoms with van der Waals surface area (Å²) >= 11 is 6.71. The Bertz CT molecular complexity index is 1410. The van der Waals surface area contributed by atoms with Crippen LogP contribution in [0.2, 0.25) is 5.02 Å². The highest BCUT2D eigenvalue weighted by atomic mass is 35.5. The van der Waals surface area contributed by atoms with E-state index in [0.29, 0.717) is 16.3 Å². The van der Waals surface area contributed by atoms with E-state index in [1.165, 1.54) is 0 Å². The maximum Gasteiger partial charge on any atom is 0.155 e. The predicted octanol–water partition coefficient (Wildman–Crippen LogP) is 9.35. The van der Waals surface area contributed by atoms with Crippen LogP contribution < -0.4 is 5.32 Å². The van der Waals surface area contributed by atoms with E-state index in [0.717, 1.165) is 70.8 Å². The van der Waals surface area contributed by atoms with Crippen molar-refractivity contribution in [3.8, 4) is 11.1 Å². The maximum atomic E-state index is 16.9. The van der Waals surface area contributed by atoms with Gasteiger partial charge in [0.2, 0.25) is 0 Å². The Kier molecular flexibility index (Phi) is 9.12. The molecular formula is C33H40ClFN4. The molecular weight excluding hydrogens is 507 g/mol. The lowest BCUT2D eigenvalue weighted by molar-refractivity contribution is 0.323. The van der Waals surface area contributed by atoms with Gasteiger partial charge in [-0.05, 0) is 81.1 Å². The Hall–Kier alpha value is -3.18. The molecule has 1 aromatic heterocycles. The van der Waals surface area contributed by atoms with Gasteiger partial charge in [-0.3, -0.25) is 4.98 Å². The lowest BCUT2D eigenvalue weighted by atomic mass is 9.91. The highest BCUT2D eigenvalue weighted by molar-refractivity contribution is 6.33. The number of hydrogen-bond donors (Lipinski definition) is 1. The van der Waals surface area contributed by atoms with Crippen LogP contribution in [0.1, 0.15) is 81.3 Å². The maximum absolute atomic E-state index is 16.9. The molecule has 4 nitrogen and oxygen atoms in total. The van der Waals surface area contributed by atoms with E-state index < -0.39 is 0 Å². The number of aliphatic imine (C=N–C) groups is 1. The minimum absolute atomic E-state index is 0.00887. The number of anilines is 1. The minimum Gasteiger partial charge on any atom is -0.359 e. The van der Waals surface area contributed by atoms with Crippen molar-refractivity contribution in [2.75, 3.05) is 11.9 Å². The standard InChI is InChI=1S/C33H40ClFN4/c1-8-18-39(23(7)9-2)33-25-19-22(6)27(28-24(10-3)12-11-13-26(28)34)29(35)32(25)37-17-14-20(4)30-31(38-33)21(5)15-16-36-30/h11-17,19-20,23,37H,8-10,18H2,1-7H3/b17-14-,38-33?/t20?,23-/m0/s1. The molecule has 0 amide bonds. The smallest absolute Gasteiger partial charge is 0.155 e. The fraction of sp³-hybridized carbons (Fsp3) is 0.394. The van der Waals surface area contributed by atoms with Gasteiger partial charge in [-0.1, -0.05) is 57.5 Å². The highest BCUT2D eigenvalue weighted by Crippen LogP contribution is 2.41. The fourth-order valence-electron chi connectivity index (χ4n) is 5.34. The molecule has 206 valence electrons. The number of aromatic nitrogens is 1. The summed E-state index contributed by atoms with van der Waals surface area (Å²) in [5, 5.41) is 3.87. The van der Waals surface area contributed by atoms with Crippen molar-refractivity contribution in [2.45, 2.75) is 79.7 Å². The molecule has 2 aromatic carbocycles. The van der Waals surface area contributed by atoms with E-state index in [1.54, 1.807) is 0 Å². The molecule has 0 radical (unpaired) electrons. The fourth-order valence-corrected chi connectivity index (χ4v) is 5.63. The van der Waals surface area contributed by atoms with Crippen molar-refractivity contribution in [1.29, 1.82) is 0 Å². The molecule has 1 N–H and O–H groups in total. The highest BCUT2D eigenvalue weighted by Gasteiger charge is 2.28. The second-order valence-electron chi connectivity index (χ2n) is 10.5. The number of fused-ring (bicyclic) bond motifs is 2. The number of halogens is 2. The van der Waals surface area contributed by atoms with Gasteiger partial charge < -0.3 is 10.2 Å². The first kappa shape index (κ1) is 28.8. The molecule has 6 heteroatoms. The number of rotatable bonds is 6. The van der Waals surface area contributed by atoms with Crippen LogP contribution in [0.4, 0.5) is 15.8 Å². The van der Waals surface area contributed by atoms with Crippen LogP contribution in [0.15, 0.2) is 53.8 Å². The van der Waals surface area contributed by atoms with Gasteiger partial charge in [-0.15, -0.1) is 0 Å². The number of benzene rings is 2. The normalized spacial score (nSPS) is 16.4. The van der Waals surface area contributed by atoms with Gasteiger partial charge in [0.1, 0.15) is 5.84 Å². The van der Waals surface area contributed by atoms with Crippen molar-refractivity contribution in [3.63, 3.8) is 0 Å². The Morgan fingerprint density at radius 3 is 2.56 bits per heavy atom. The number of nitrogens with zero attached hydrogens (tertiary/aromatic N) is 3. The average molecular weight is 547 g/mol. The summed E-state index contributed by atoms with van der Waals surface area (Å²) in [4.78, 5) is 12.4. The number of pyridine rings is 1. The molecule has 0 fully saturated rings. The number of hydrogen-bond acceptors (Lipinski definition) is 4. The molecule has 0 saturated heterocycles. The van der Waals surface area contributed by atoms with E-state index in [-0.39, 0.29) is 17.8 Å². The number of nitrogens with one attached hydrogen (secondary N) is 1. The first-order chi connectivity index (χ1) is 18.7. The van der Waals surface area contributed by atoms with Crippen molar-refractivity contribution in [2.24, 2.45) is 4.99 Å². The molecule has 2 heterocycles. The van der Waals surface area contributed by atoms with Crippen LogP contribution in [0.5, 0.6) is 0 Å². The molecule has 1 aliphatic rings. The van der Waals surface area contributed by atoms with E-state index in [2.05, 4.69) is 57.8 Å². The summed E-state index contributed by atoms with van der Waals surface area (Å²) in [5.41, 5.74) is 7.08. The Balaban J connectivity index is 2.11. The molecule has 0 bridgehead atoms. The third-order valence-electron chi connectivity index (χ3n) is 7.71. The number of amidine groups is 1. The quantitative estimate of drug-likeness (QED) is 0.335. The zero-order chi connectivity index (χ0) is 28.3. The van der Waals surface area contributed by atoms with Gasteiger partial charge >= 0.3 is 0 Å². The summed E-state index contributed by atoms with van der Waals surface area (Å²) in [6.45, 7) is 15.5. The second-order valence-corrected chi connectivity index (χ2v) is 10.9. The Morgan fingerprint density at radius 1 is 1.10 bits per heavy atom. The topological polar surface area (TPSA) is 40.5 Å². The van der Waals surface area contributed by atoms with Crippen molar-refractivity contribution < 1.29 is 4.39 Å². The number of aryl methyl sites for hydroxylation is 3. The first-order valence-electron chi connectivity index (χ1n) is 14.1. The summed E-state index contributed by atoms with van der Waals surface area (Å²) in [6, 6.07) is 10.1. The van der Waals surface area contributed by atoms with Gasteiger partial charge in [0, 0.05) is 46.4 Å². The molecule has 2 atom stereocenters. The summed E-state index contributed by atoms with van der Waals surface area (Å²) < 4.78 is 16.9. The lowest BCUT2D eigenvalue weighted by Crippen LogP contribution is -2.40. The minimum atomic E-state index is -0.317. The largest absolute Gasteiger partial charge is 0.359 e.